The summed E-state index contributed by atoms with van der Waals surface area (Å²) in [5.74, 6) is 0.502. The Morgan fingerprint density at radius 3 is 2.20 bits per heavy atom. The quantitative estimate of drug-likeness (QED) is 0.578. The fourth-order valence-electron chi connectivity index (χ4n) is 2.13. The van der Waals surface area contributed by atoms with Gasteiger partial charge in [-0.25, -0.2) is 4.79 Å². The minimum Gasteiger partial charge on any atom is -0.255 e. The zero-order valence-electron chi connectivity index (χ0n) is 13.6. The highest BCUT2D eigenvalue weighted by atomic mass is 16.1. The first-order valence-corrected chi connectivity index (χ1v) is 7.14. The van der Waals surface area contributed by atoms with Gasteiger partial charge in [-0.15, -0.1) is 0 Å². The minimum atomic E-state index is 0.0605. The van der Waals surface area contributed by atoms with Gasteiger partial charge in [0, 0.05) is 12.1 Å². The Hall–Kier alpha value is -1.47. The summed E-state index contributed by atoms with van der Waals surface area (Å²) >= 11 is 0. The lowest BCUT2D eigenvalue weighted by molar-refractivity contribution is 0.501. The van der Waals surface area contributed by atoms with E-state index in [4.69, 9.17) is 4.98 Å². The average Bonchev–Trinajstić information content (AvgIpc) is 2.28. The van der Waals surface area contributed by atoms with Crippen LogP contribution in [0, 0.1) is 11.8 Å². The molecule has 20 heavy (non-hydrogen) atoms. The Labute approximate surface area is 122 Å². The van der Waals surface area contributed by atoms with Gasteiger partial charge in [-0.1, -0.05) is 48.5 Å². The summed E-state index contributed by atoms with van der Waals surface area (Å²) in [4.78, 5) is 19.3. The molecule has 1 rings (SSSR count). The number of nitrogens with zero attached hydrogens (tertiary/aromatic N) is 2. The lowest BCUT2D eigenvalue weighted by atomic mass is 9.88. The van der Waals surface area contributed by atoms with Gasteiger partial charge in [-0.2, -0.15) is 4.99 Å². The van der Waals surface area contributed by atoms with E-state index in [0.29, 0.717) is 5.69 Å². The second-order valence-corrected chi connectivity index (χ2v) is 6.89. The third-order valence-corrected chi connectivity index (χ3v) is 2.98. The summed E-state index contributed by atoms with van der Waals surface area (Å²) in [5, 5.41) is 0. The molecule has 0 aromatic carbocycles. The molecule has 0 saturated heterocycles. The highest BCUT2D eigenvalue weighted by molar-refractivity contribution is 5.59. The summed E-state index contributed by atoms with van der Waals surface area (Å²) in [6, 6.07) is 2.04. The molecule has 0 unspecified atom stereocenters. The van der Waals surface area contributed by atoms with Crippen molar-refractivity contribution in [2.45, 2.75) is 60.3 Å². The van der Waals surface area contributed by atoms with Crippen molar-refractivity contribution in [2.75, 3.05) is 0 Å². The molecule has 3 nitrogen and oxygen atoms in total. The number of isocyanates is 1. The maximum atomic E-state index is 10.7. The SMILES string of the molecule is CC(C)c1cc([CH]C(C)(C)C)nc(C(C)C)c1N=C=O. The molecule has 0 N–H and O–H groups in total. The van der Waals surface area contributed by atoms with E-state index in [2.05, 4.69) is 59.9 Å². The molecule has 0 aliphatic carbocycles. The van der Waals surface area contributed by atoms with Gasteiger partial charge >= 0.3 is 0 Å². The maximum absolute atomic E-state index is 10.7. The van der Waals surface area contributed by atoms with Crippen LogP contribution in [-0.2, 0) is 4.79 Å². The molecule has 0 aliphatic rings. The van der Waals surface area contributed by atoms with Crippen LogP contribution in [0.2, 0.25) is 0 Å². The van der Waals surface area contributed by atoms with Crippen LogP contribution in [0.25, 0.3) is 0 Å². The number of aromatic nitrogens is 1. The third-order valence-electron chi connectivity index (χ3n) is 2.98. The van der Waals surface area contributed by atoms with Gasteiger partial charge in [-0.3, -0.25) is 4.98 Å². The first-order chi connectivity index (χ1) is 9.15. The van der Waals surface area contributed by atoms with Crippen molar-refractivity contribution in [3.63, 3.8) is 0 Å². The first kappa shape index (κ1) is 16.6. The largest absolute Gasteiger partial charge is 0.255 e. The molecule has 3 heteroatoms. The molecule has 0 aliphatic heterocycles. The molecule has 1 aromatic heterocycles. The van der Waals surface area contributed by atoms with Crippen molar-refractivity contribution in [3.8, 4) is 0 Å². The van der Waals surface area contributed by atoms with E-state index in [9.17, 15) is 4.79 Å². The highest BCUT2D eigenvalue weighted by Crippen LogP contribution is 2.35. The van der Waals surface area contributed by atoms with E-state index in [-0.39, 0.29) is 17.3 Å². The van der Waals surface area contributed by atoms with E-state index in [1.807, 2.05) is 6.07 Å². The fourth-order valence-corrected chi connectivity index (χ4v) is 2.13. The van der Waals surface area contributed by atoms with E-state index >= 15 is 0 Å². The summed E-state index contributed by atoms with van der Waals surface area (Å²) in [5.41, 5.74) is 3.63. The van der Waals surface area contributed by atoms with E-state index in [0.717, 1.165) is 17.0 Å². The Balaban J connectivity index is 3.50. The number of aliphatic imine (C=N–C) groups is 1. The highest BCUT2D eigenvalue weighted by Gasteiger charge is 2.20. The molecule has 0 atom stereocenters. The second-order valence-electron chi connectivity index (χ2n) is 6.89. The molecule has 0 amide bonds. The summed E-state index contributed by atoms with van der Waals surface area (Å²) in [6.07, 6.45) is 3.82. The predicted octanol–water partition coefficient (Wildman–Crippen LogP) is 4.89. The van der Waals surface area contributed by atoms with Crippen LogP contribution in [0.4, 0.5) is 5.69 Å². The van der Waals surface area contributed by atoms with Gasteiger partial charge in [0.25, 0.3) is 0 Å². The first-order valence-electron chi connectivity index (χ1n) is 7.14. The van der Waals surface area contributed by atoms with Crippen molar-refractivity contribution in [1.82, 2.24) is 4.98 Å². The van der Waals surface area contributed by atoms with Crippen LogP contribution >= 0.6 is 0 Å². The molecule has 0 spiro atoms. The third kappa shape index (κ3) is 4.28. The zero-order valence-corrected chi connectivity index (χ0v) is 13.6. The Morgan fingerprint density at radius 1 is 1.20 bits per heavy atom. The normalized spacial score (nSPS) is 11.8. The number of carbonyl (C=O) groups excluding carboxylic acids is 1. The molecular weight excluding hydrogens is 248 g/mol. The Kier molecular flexibility index (Phi) is 5.24. The average molecular weight is 273 g/mol. The molecule has 1 aromatic rings. The molecule has 109 valence electrons. The maximum Gasteiger partial charge on any atom is 0.240 e. The van der Waals surface area contributed by atoms with Crippen molar-refractivity contribution in [3.05, 3.63) is 29.4 Å². The van der Waals surface area contributed by atoms with Crippen LogP contribution in [0.5, 0.6) is 0 Å². The number of rotatable bonds is 4. The molecular formula is C17H25N2O. The van der Waals surface area contributed by atoms with Crippen molar-refractivity contribution in [1.29, 1.82) is 0 Å². The number of hydrogen-bond acceptors (Lipinski definition) is 3. The fraction of sp³-hybridized carbons (Fsp3) is 0.588. The summed E-state index contributed by atoms with van der Waals surface area (Å²) < 4.78 is 0. The van der Waals surface area contributed by atoms with E-state index in [1.165, 1.54) is 0 Å². The molecule has 0 saturated carbocycles. The van der Waals surface area contributed by atoms with Crippen LogP contribution in [0.1, 0.15) is 77.3 Å². The number of pyridine rings is 1. The number of hydrogen-bond donors (Lipinski definition) is 0. The second kappa shape index (κ2) is 6.32. The molecule has 1 radical (unpaired) electrons. The lowest BCUT2D eigenvalue weighted by Gasteiger charge is -2.21. The van der Waals surface area contributed by atoms with Gasteiger partial charge in [0.1, 0.15) is 5.69 Å². The molecule has 0 fully saturated rings. The standard InChI is InChI=1S/C17H25N2O/c1-11(2)14-8-13(9-17(5,6)7)19-15(12(3)4)16(14)18-10-20/h8-9,11-12H,1-7H3. The monoisotopic (exact) mass is 273 g/mol. The zero-order chi connectivity index (χ0) is 15.5. The van der Waals surface area contributed by atoms with Crippen molar-refractivity contribution >= 4 is 11.8 Å². The van der Waals surface area contributed by atoms with E-state index in [1.54, 1.807) is 6.08 Å². The van der Waals surface area contributed by atoms with Gasteiger partial charge in [0.2, 0.25) is 6.08 Å². The van der Waals surface area contributed by atoms with Crippen LogP contribution in [0.3, 0.4) is 0 Å². The van der Waals surface area contributed by atoms with Crippen LogP contribution < -0.4 is 0 Å². The summed E-state index contributed by atoms with van der Waals surface area (Å²) in [6.45, 7) is 14.8. The Bertz CT molecular complexity index is 489. The van der Waals surface area contributed by atoms with Crippen molar-refractivity contribution < 1.29 is 4.79 Å². The van der Waals surface area contributed by atoms with Crippen molar-refractivity contribution in [2.24, 2.45) is 10.4 Å². The Morgan fingerprint density at radius 2 is 1.80 bits per heavy atom. The smallest absolute Gasteiger partial charge is 0.240 e. The topological polar surface area (TPSA) is 42.3 Å². The van der Waals surface area contributed by atoms with E-state index < -0.39 is 0 Å². The predicted molar refractivity (Wildman–Crippen MR) is 83.1 cm³/mol. The minimum absolute atomic E-state index is 0.0605. The van der Waals surface area contributed by atoms with Gasteiger partial charge in [-0.05, 0) is 28.9 Å². The lowest BCUT2D eigenvalue weighted by Crippen LogP contribution is -2.10. The van der Waals surface area contributed by atoms with Gasteiger partial charge in [0.15, 0.2) is 0 Å². The van der Waals surface area contributed by atoms with Crippen LogP contribution in [0.15, 0.2) is 11.1 Å². The van der Waals surface area contributed by atoms with Gasteiger partial charge < -0.3 is 0 Å². The van der Waals surface area contributed by atoms with Gasteiger partial charge in [0.05, 0.1) is 5.69 Å². The molecule has 0 bridgehead atoms. The summed E-state index contributed by atoms with van der Waals surface area (Å²) in [7, 11) is 0. The molecule has 1 heterocycles. The van der Waals surface area contributed by atoms with Crippen LogP contribution in [-0.4, -0.2) is 11.1 Å².